The van der Waals surface area contributed by atoms with Crippen molar-refractivity contribution in [3.8, 4) is 0 Å². The molecule has 0 spiro atoms. The maximum absolute atomic E-state index is 13.4. The van der Waals surface area contributed by atoms with E-state index < -0.39 is 17.6 Å². The first-order chi connectivity index (χ1) is 14.2. The summed E-state index contributed by atoms with van der Waals surface area (Å²) in [5.74, 6) is -0.567. The number of amides is 1. The van der Waals surface area contributed by atoms with Crippen molar-refractivity contribution in [1.29, 1.82) is 0 Å². The molecule has 1 amide bonds. The van der Waals surface area contributed by atoms with Crippen LogP contribution in [0.5, 0.6) is 0 Å². The second-order valence-electron chi connectivity index (χ2n) is 7.46. The van der Waals surface area contributed by atoms with E-state index in [-0.39, 0.29) is 23.2 Å². The fourth-order valence-corrected chi connectivity index (χ4v) is 4.07. The van der Waals surface area contributed by atoms with E-state index in [2.05, 4.69) is 4.90 Å². The summed E-state index contributed by atoms with van der Waals surface area (Å²) in [5, 5.41) is 8.40. The minimum atomic E-state index is -4.49. The molecule has 2 N–H and O–H groups in total. The molecule has 1 atom stereocenters. The van der Waals surface area contributed by atoms with Crippen molar-refractivity contribution in [2.45, 2.75) is 32.2 Å². The van der Waals surface area contributed by atoms with Gasteiger partial charge in [0.25, 0.3) is 5.91 Å². The van der Waals surface area contributed by atoms with Crippen LogP contribution in [0, 0.1) is 0 Å². The zero-order valence-electron chi connectivity index (χ0n) is 16.4. The van der Waals surface area contributed by atoms with Gasteiger partial charge in [0.05, 0.1) is 10.6 Å². The second kappa shape index (κ2) is 9.34. The topological polar surface area (TPSA) is 55.8 Å². The van der Waals surface area contributed by atoms with Gasteiger partial charge < -0.3 is 0 Å². The summed E-state index contributed by atoms with van der Waals surface area (Å²) in [4.78, 5) is 15.7. The first kappa shape index (κ1) is 22.6. The Balaban J connectivity index is 1.62. The van der Waals surface area contributed by atoms with Crippen molar-refractivity contribution in [3.63, 3.8) is 0 Å². The van der Waals surface area contributed by atoms with Crippen LogP contribution in [0.15, 0.2) is 42.5 Å². The predicted octanol–water partition coefficient (Wildman–Crippen LogP) is 4.18. The largest absolute Gasteiger partial charge is 0.418 e. The van der Waals surface area contributed by atoms with Crippen LogP contribution in [-0.4, -0.2) is 46.6 Å². The monoisotopic (exact) mass is 441 g/mol. The number of hydroxylamine groups is 1. The van der Waals surface area contributed by atoms with E-state index >= 15 is 0 Å². The number of hydrogen-bond acceptors (Lipinski definition) is 4. The summed E-state index contributed by atoms with van der Waals surface area (Å²) in [5.41, 5.74) is 2.40. The Labute approximate surface area is 178 Å². The molecular formula is C21H23ClF3N3O2. The molecular weight excluding hydrogens is 419 g/mol. The van der Waals surface area contributed by atoms with E-state index in [9.17, 15) is 18.0 Å². The Morgan fingerprint density at radius 1 is 1.17 bits per heavy atom. The Hall–Kier alpha value is -2.13. The summed E-state index contributed by atoms with van der Waals surface area (Å²) >= 11 is 5.84. The Kier molecular flexibility index (Phi) is 7.02. The van der Waals surface area contributed by atoms with Crippen molar-refractivity contribution < 1.29 is 23.2 Å². The van der Waals surface area contributed by atoms with Crippen LogP contribution >= 0.6 is 11.6 Å². The third-order valence-electron chi connectivity index (χ3n) is 5.33. The highest BCUT2D eigenvalue weighted by Crippen LogP contribution is 2.37. The highest BCUT2D eigenvalue weighted by atomic mass is 35.5. The Morgan fingerprint density at radius 3 is 2.47 bits per heavy atom. The van der Waals surface area contributed by atoms with Crippen LogP contribution in [-0.2, 0) is 19.3 Å². The maximum atomic E-state index is 13.4. The lowest BCUT2D eigenvalue weighted by Crippen LogP contribution is -2.51. The Morgan fingerprint density at radius 2 is 1.87 bits per heavy atom. The van der Waals surface area contributed by atoms with Crippen molar-refractivity contribution in [1.82, 2.24) is 15.3 Å². The molecule has 30 heavy (non-hydrogen) atoms. The Bertz CT molecular complexity index is 890. The van der Waals surface area contributed by atoms with Gasteiger partial charge in [-0.1, -0.05) is 35.9 Å². The molecule has 162 valence electrons. The lowest BCUT2D eigenvalue weighted by Gasteiger charge is -2.40. The van der Waals surface area contributed by atoms with Crippen LogP contribution in [0.25, 0.3) is 0 Å². The van der Waals surface area contributed by atoms with Crippen LogP contribution in [0.3, 0.4) is 0 Å². The standard InChI is InChI=1S/C21H23ClF3N3O2/c1-14-11-27(12-15-5-7-16(8-6-15)20(29)26-30)9-10-28(14)13-17-3-2-4-18(22)19(17)21(23,24)25/h2-8,14,30H,9-13H2,1H3,(H,26,29)/t14-/m0/s1. The van der Waals surface area contributed by atoms with Crippen LogP contribution in [0.1, 0.15) is 34.0 Å². The van der Waals surface area contributed by atoms with Gasteiger partial charge in [0.1, 0.15) is 0 Å². The minimum Gasteiger partial charge on any atom is -0.296 e. The molecule has 9 heteroatoms. The number of rotatable bonds is 5. The number of carbonyl (C=O) groups excluding carboxylic acids is 1. The quantitative estimate of drug-likeness (QED) is 0.540. The molecule has 1 saturated heterocycles. The van der Waals surface area contributed by atoms with Crippen LogP contribution in [0.4, 0.5) is 13.2 Å². The molecule has 2 aromatic carbocycles. The average molecular weight is 442 g/mol. The van der Waals surface area contributed by atoms with Crippen molar-refractivity contribution in [2.24, 2.45) is 0 Å². The molecule has 1 aliphatic heterocycles. The predicted molar refractivity (Wildman–Crippen MR) is 107 cm³/mol. The average Bonchev–Trinajstić information content (AvgIpc) is 2.69. The van der Waals surface area contributed by atoms with E-state index in [1.165, 1.54) is 12.1 Å². The summed E-state index contributed by atoms with van der Waals surface area (Å²) < 4.78 is 40.2. The fourth-order valence-electron chi connectivity index (χ4n) is 3.77. The minimum absolute atomic E-state index is 0.0678. The number of benzene rings is 2. The highest BCUT2D eigenvalue weighted by molar-refractivity contribution is 6.31. The molecule has 0 bridgehead atoms. The molecule has 0 aliphatic carbocycles. The number of nitrogens with one attached hydrogen (secondary N) is 1. The molecule has 0 radical (unpaired) electrons. The normalized spacial score (nSPS) is 18.4. The number of piperazine rings is 1. The van der Waals surface area contributed by atoms with Gasteiger partial charge in [0.2, 0.25) is 0 Å². The van der Waals surface area contributed by atoms with Crippen LogP contribution < -0.4 is 5.48 Å². The summed E-state index contributed by atoms with van der Waals surface area (Å²) in [6, 6.07) is 11.3. The summed E-state index contributed by atoms with van der Waals surface area (Å²) in [6.07, 6.45) is -4.49. The molecule has 1 fully saturated rings. The number of hydrogen-bond donors (Lipinski definition) is 2. The summed E-state index contributed by atoms with van der Waals surface area (Å²) in [7, 11) is 0. The number of alkyl halides is 3. The highest BCUT2D eigenvalue weighted by Gasteiger charge is 2.36. The number of carbonyl (C=O) groups is 1. The molecule has 0 aromatic heterocycles. The second-order valence-corrected chi connectivity index (χ2v) is 7.87. The van der Waals surface area contributed by atoms with Gasteiger partial charge in [-0.3, -0.25) is 19.8 Å². The molecule has 5 nitrogen and oxygen atoms in total. The zero-order valence-corrected chi connectivity index (χ0v) is 17.2. The van der Waals surface area contributed by atoms with Gasteiger partial charge in [-0.05, 0) is 36.2 Å². The smallest absolute Gasteiger partial charge is 0.296 e. The van der Waals surface area contributed by atoms with Gasteiger partial charge >= 0.3 is 6.18 Å². The lowest BCUT2D eigenvalue weighted by molar-refractivity contribution is -0.138. The number of halogens is 4. The molecule has 1 aliphatic rings. The van der Waals surface area contributed by atoms with E-state index in [0.717, 1.165) is 5.56 Å². The fraction of sp³-hybridized carbons (Fsp3) is 0.381. The van der Waals surface area contributed by atoms with Gasteiger partial charge in [-0.25, -0.2) is 5.48 Å². The van der Waals surface area contributed by atoms with E-state index in [4.69, 9.17) is 16.8 Å². The van der Waals surface area contributed by atoms with E-state index in [0.29, 0.717) is 31.7 Å². The third-order valence-corrected chi connectivity index (χ3v) is 5.64. The van der Waals surface area contributed by atoms with Crippen molar-refractivity contribution in [2.75, 3.05) is 19.6 Å². The maximum Gasteiger partial charge on any atom is 0.418 e. The molecule has 3 rings (SSSR count). The van der Waals surface area contributed by atoms with Gasteiger partial charge in [-0.2, -0.15) is 13.2 Å². The van der Waals surface area contributed by atoms with E-state index in [1.807, 2.05) is 24.0 Å². The van der Waals surface area contributed by atoms with Crippen molar-refractivity contribution in [3.05, 3.63) is 69.7 Å². The number of nitrogens with zero attached hydrogens (tertiary/aromatic N) is 2. The molecule has 0 unspecified atom stereocenters. The molecule has 1 heterocycles. The van der Waals surface area contributed by atoms with Gasteiger partial charge in [-0.15, -0.1) is 0 Å². The van der Waals surface area contributed by atoms with Gasteiger partial charge in [0, 0.05) is 44.3 Å². The lowest BCUT2D eigenvalue weighted by atomic mass is 10.0. The van der Waals surface area contributed by atoms with Gasteiger partial charge in [0.15, 0.2) is 0 Å². The first-order valence-corrected chi connectivity index (χ1v) is 9.91. The summed E-state index contributed by atoms with van der Waals surface area (Å²) in [6.45, 7) is 4.92. The zero-order chi connectivity index (χ0) is 21.9. The van der Waals surface area contributed by atoms with Crippen LogP contribution in [0.2, 0.25) is 5.02 Å². The SMILES string of the molecule is C[C@H]1CN(Cc2ccc(C(=O)NO)cc2)CCN1Cc1cccc(Cl)c1C(F)(F)F. The molecule has 2 aromatic rings. The third kappa shape index (κ3) is 5.31. The van der Waals surface area contributed by atoms with E-state index in [1.54, 1.807) is 23.7 Å². The first-order valence-electron chi connectivity index (χ1n) is 9.53. The molecule has 0 saturated carbocycles. The van der Waals surface area contributed by atoms with Crippen molar-refractivity contribution >= 4 is 17.5 Å².